The standard InChI is InChI=1S/C12H12ClN3/c13-11(9-15)10-16(8-4-7-14)12-5-2-1-3-6-12/h1-3,5-6,11H,4,8,10H2. The summed E-state index contributed by atoms with van der Waals surface area (Å²) in [7, 11) is 0. The summed E-state index contributed by atoms with van der Waals surface area (Å²) >= 11 is 5.80. The fourth-order valence-electron chi connectivity index (χ4n) is 1.38. The molecule has 0 saturated carbocycles. The number of hydrogen-bond acceptors (Lipinski definition) is 3. The van der Waals surface area contributed by atoms with Gasteiger partial charge in [0.2, 0.25) is 0 Å². The minimum Gasteiger partial charge on any atom is -0.368 e. The number of nitrogens with zero attached hydrogens (tertiary/aromatic N) is 3. The van der Waals surface area contributed by atoms with Gasteiger partial charge in [0.25, 0.3) is 0 Å². The van der Waals surface area contributed by atoms with E-state index in [-0.39, 0.29) is 0 Å². The van der Waals surface area contributed by atoms with Crippen molar-refractivity contribution in [3.05, 3.63) is 30.3 Å². The first-order valence-corrected chi connectivity index (χ1v) is 5.42. The van der Waals surface area contributed by atoms with Crippen LogP contribution in [0.2, 0.25) is 0 Å². The van der Waals surface area contributed by atoms with Gasteiger partial charge < -0.3 is 4.90 Å². The van der Waals surface area contributed by atoms with E-state index >= 15 is 0 Å². The third-order valence-electron chi connectivity index (χ3n) is 2.14. The SMILES string of the molecule is N#CCCN(CC(Cl)C#N)c1ccccc1. The number of alkyl halides is 1. The van der Waals surface area contributed by atoms with Gasteiger partial charge in [0.05, 0.1) is 18.6 Å². The number of rotatable bonds is 5. The van der Waals surface area contributed by atoms with Crippen LogP contribution in [0.25, 0.3) is 0 Å². The average molecular weight is 234 g/mol. The Bertz CT molecular complexity index is 391. The third kappa shape index (κ3) is 3.81. The monoisotopic (exact) mass is 233 g/mol. The van der Waals surface area contributed by atoms with E-state index in [1.165, 1.54) is 0 Å². The average Bonchev–Trinajstić information content (AvgIpc) is 2.35. The Morgan fingerprint density at radius 3 is 2.50 bits per heavy atom. The van der Waals surface area contributed by atoms with E-state index in [0.717, 1.165) is 5.69 Å². The molecule has 0 aliphatic carbocycles. The fourth-order valence-corrected chi connectivity index (χ4v) is 1.55. The number of anilines is 1. The van der Waals surface area contributed by atoms with Gasteiger partial charge in [-0.1, -0.05) is 18.2 Å². The molecule has 0 heterocycles. The summed E-state index contributed by atoms with van der Waals surface area (Å²) in [6.45, 7) is 1.02. The molecule has 4 heteroatoms. The van der Waals surface area contributed by atoms with Crippen molar-refractivity contribution >= 4 is 17.3 Å². The van der Waals surface area contributed by atoms with Gasteiger partial charge in [-0.3, -0.25) is 0 Å². The minimum absolute atomic E-state index is 0.421. The van der Waals surface area contributed by atoms with Crippen LogP contribution in [0.3, 0.4) is 0 Å². The molecule has 0 aromatic heterocycles. The highest BCUT2D eigenvalue weighted by Crippen LogP contribution is 2.15. The van der Waals surface area contributed by atoms with E-state index < -0.39 is 5.38 Å². The summed E-state index contributed by atoms with van der Waals surface area (Å²) in [5.41, 5.74) is 0.985. The zero-order valence-corrected chi connectivity index (χ0v) is 9.56. The van der Waals surface area contributed by atoms with Crippen LogP contribution >= 0.6 is 11.6 Å². The van der Waals surface area contributed by atoms with Crippen LogP contribution in [-0.2, 0) is 0 Å². The number of nitriles is 2. The molecule has 1 atom stereocenters. The summed E-state index contributed by atoms with van der Waals surface area (Å²) in [6, 6.07) is 13.7. The second-order valence-corrected chi connectivity index (χ2v) is 3.81. The number of para-hydroxylation sites is 1. The Labute approximate surface area is 100 Å². The molecule has 0 aliphatic rings. The number of hydrogen-bond donors (Lipinski definition) is 0. The molecule has 82 valence electrons. The van der Waals surface area contributed by atoms with Gasteiger partial charge in [0.15, 0.2) is 0 Å². The maximum absolute atomic E-state index is 8.68. The lowest BCUT2D eigenvalue weighted by atomic mass is 10.2. The topological polar surface area (TPSA) is 50.8 Å². The van der Waals surface area contributed by atoms with Crippen molar-refractivity contribution in [3.8, 4) is 12.1 Å². The predicted octanol–water partition coefficient (Wildman–Crippen LogP) is 2.54. The summed E-state index contributed by atoms with van der Waals surface area (Å²) in [5.74, 6) is 0. The molecule has 0 saturated heterocycles. The van der Waals surface area contributed by atoms with Crippen molar-refractivity contribution in [2.24, 2.45) is 0 Å². The molecule has 1 unspecified atom stereocenters. The van der Waals surface area contributed by atoms with Crippen LogP contribution in [0.1, 0.15) is 6.42 Å². The molecule has 0 amide bonds. The summed E-state index contributed by atoms with van der Waals surface area (Å²) in [5, 5.41) is 16.7. The molecule has 1 aromatic carbocycles. The highest BCUT2D eigenvalue weighted by molar-refractivity contribution is 6.22. The van der Waals surface area contributed by atoms with E-state index in [2.05, 4.69) is 6.07 Å². The Morgan fingerprint density at radius 1 is 1.25 bits per heavy atom. The molecular formula is C12H12ClN3. The van der Waals surface area contributed by atoms with Crippen LogP contribution in [0.4, 0.5) is 5.69 Å². The van der Waals surface area contributed by atoms with Crippen molar-refractivity contribution < 1.29 is 0 Å². The molecule has 0 bridgehead atoms. The van der Waals surface area contributed by atoms with Crippen molar-refractivity contribution in [2.45, 2.75) is 11.8 Å². The lowest BCUT2D eigenvalue weighted by molar-refractivity contribution is 0.800. The summed E-state index contributed by atoms with van der Waals surface area (Å²) in [6.07, 6.45) is 0.421. The van der Waals surface area contributed by atoms with Gasteiger partial charge in [-0.25, -0.2) is 0 Å². The highest BCUT2D eigenvalue weighted by Gasteiger charge is 2.11. The first-order chi connectivity index (χ1) is 7.77. The van der Waals surface area contributed by atoms with E-state index in [9.17, 15) is 0 Å². The van der Waals surface area contributed by atoms with Crippen LogP contribution in [-0.4, -0.2) is 18.5 Å². The minimum atomic E-state index is -0.557. The highest BCUT2D eigenvalue weighted by atomic mass is 35.5. The molecule has 0 N–H and O–H groups in total. The Balaban J connectivity index is 2.72. The maximum atomic E-state index is 8.68. The zero-order valence-electron chi connectivity index (χ0n) is 8.81. The van der Waals surface area contributed by atoms with E-state index in [1.54, 1.807) is 0 Å². The third-order valence-corrected chi connectivity index (χ3v) is 2.37. The first kappa shape index (κ1) is 12.4. The largest absolute Gasteiger partial charge is 0.368 e. The Kier molecular flexibility index (Phi) is 5.19. The second-order valence-electron chi connectivity index (χ2n) is 3.29. The van der Waals surface area contributed by atoms with E-state index in [0.29, 0.717) is 19.5 Å². The van der Waals surface area contributed by atoms with Crippen molar-refractivity contribution in [2.75, 3.05) is 18.0 Å². The predicted molar refractivity (Wildman–Crippen MR) is 64.1 cm³/mol. The van der Waals surface area contributed by atoms with Gasteiger partial charge in [-0.05, 0) is 12.1 Å². The summed E-state index contributed by atoms with van der Waals surface area (Å²) < 4.78 is 0. The molecule has 0 aliphatic heterocycles. The molecule has 1 aromatic rings. The molecule has 0 spiro atoms. The lowest BCUT2D eigenvalue weighted by Crippen LogP contribution is -2.30. The van der Waals surface area contributed by atoms with Crippen LogP contribution < -0.4 is 4.90 Å². The first-order valence-electron chi connectivity index (χ1n) is 4.98. The van der Waals surface area contributed by atoms with Crippen LogP contribution in [0.15, 0.2) is 30.3 Å². The fraction of sp³-hybridized carbons (Fsp3) is 0.333. The van der Waals surface area contributed by atoms with E-state index in [4.69, 9.17) is 22.1 Å². The van der Waals surface area contributed by atoms with Gasteiger partial charge in [-0.2, -0.15) is 10.5 Å². The molecule has 0 fully saturated rings. The number of benzene rings is 1. The summed E-state index contributed by atoms with van der Waals surface area (Å²) in [4.78, 5) is 1.95. The lowest BCUT2D eigenvalue weighted by Gasteiger charge is -2.24. The van der Waals surface area contributed by atoms with Crippen molar-refractivity contribution in [3.63, 3.8) is 0 Å². The van der Waals surface area contributed by atoms with Crippen molar-refractivity contribution in [1.82, 2.24) is 0 Å². The second kappa shape index (κ2) is 6.71. The van der Waals surface area contributed by atoms with Gasteiger partial charge >= 0.3 is 0 Å². The smallest absolute Gasteiger partial charge is 0.137 e. The van der Waals surface area contributed by atoms with E-state index in [1.807, 2.05) is 41.3 Å². The molecule has 0 radical (unpaired) electrons. The maximum Gasteiger partial charge on any atom is 0.137 e. The van der Waals surface area contributed by atoms with Crippen molar-refractivity contribution in [1.29, 1.82) is 10.5 Å². The molecular weight excluding hydrogens is 222 g/mol. The van der Waals surface area contributed by atoms with Crippen LogP contribution in [0.5, 0.6) is 0 Å². The Morgan fingerprint density at radius 2 is 1.94 bits per heavy atom. The Hall–Kier alpha value is -1.71. The zero-order chi connectivity index (χ0) is 11.8. The van der Waals surface area contributed by atoms with Gasteiger partial charge in [0.1, 0.15) is 5.38 Å². The quantitative estimate of drug-likeness (QED) is 0.735. The van der Waals surface area contributed by atoms with Gasteiger partial charge in [-0.15, -0.1) is 11.6 Å². The molecule has 1 rings (SSSR count). The molecule has 3 nitrogen and oxygen atoms in total. The van der Waals surface area contributed by atoms with Crippen LogP contribution in [0, 0.1) is 22.7 Å². The van der Waals surface area contributed by atoms with Gasteiger partial charge in [0, 0.05) is 18.8 Å². The molecule has 16 heavy (non-hydrogen) atoms. The number of halogens is 1. The normalized spacial score (nSPS) is 11.2.